The Bertz CT molecular complexity index is 1590. The Hall–Kier alpha value is -3.01. The van der Waals surface area contributed by atoms with Gasteiger partial charge in [0.15, 0.2) is 5.60 Å². The molecule has 8 heteroatoms. The number of fused-ring (bicyclic) bond motifs is 1. The van der Waals surface area contributed by atoms with Crippen molar-refractivity contribution in [2.24, 2.45) is 14.1 Å². The first-order valence-corrected chi connectivity index (χ1v) is 12.0. The smallest absolute Gasteiger partial charge is 0.251 e. The van der Waals surface area contributed by atoms with Gasteiger partial charge in [-0.15, -0.1) is 0 Å². The molecule has 0 radical (unpaired) electrons. The number of rotatable bonds is 4. The Morgan fingerprint density at radius 1 is 1.03 bits per heavy atom. The number of aromatic nitrogens is 4. The van der Waals surface area contributed by atoms with E-state index in [9.17, 15) is 9.90 Å². The van der Waals surface area contributed by atoms with Gasteiger partial charge in [0.25, 0.3) is 5.56 Å². The zero-order valence-corrected chi connectivity index (χ0v) is 21.3. The van der Waals surface area contributed by atoms with Gasteiger partial charge in [0, 0.05) is 34.1 Å². The molecule has 0 bridgehead atoms. The first-order valence-electron chi connectivity index (χ1n) is 10.5. The summed E-state index contributed by atoms with van der Waals surface area (Å²) in [5.74, 6) is 0. The Kier molecular flexibility index (Phi) is 5.79. The third kappa shape index (κ3) is 3.73. The van der Waals surface area contributed by atoms with Crippen LogP contribution in [0.1, 0.15) is 17.0 Å². The van der Waals surface area contributed by atoms with Crippen molar-refractivity contribution in [3.63, 3.8) is 0 Å². The predicted molar refractivity (Wildman–Crippen MR) is 142 cm³/mol. The number of nitrogens with zero attached hydrogens (tertiary/aromatic N) is 4. The second-order valence-electron chi connectivity index (χ2n) is 8.16. The van der Waals surface area contributed by atoms with Gasteiger partial charge in [-0.3, -0.25) is 9.78 Å². The number of aryl methyl sites for hydroxylation is 2. The van der Waals surface area contributed by atoms with Crippen molar-refractivity contribution < 1.29 is 5.11 Å². The Labute approximate surface area is 214 Å². The van der Waals surface area contributed by atoms with Crippen LogP contribution in [0, 0.1) is 3.57 Å². The van der Waals surface area contributed by atoms with Crippen molar-refractivity contribution in [1.29, 1.82) is 0 Å². The second-order valence-corrected chi connectivity index (χ2v) is 9.84. The molecule has 3 aromatic heterocycles. The highest BCUT2D eigenvalue weighted by molar-refractivity contribution is 14.1. The standard InChI is InChI=1S/C26H20ClIN4O2/c1-31-15-29-14-24(31)26(34,17-6-8-19(28)9-7-17)23-11-21-20(16-4-3-5-18(27)10-16)12-25(33)32(2)22(21)13-30-23/h3-15,34H,1-2H3/t26-/m1/s1. The maximum absolute atomic E-state index is 12.7. The molecule has 2 aromatic carbocycles. The summed E-state index contributed by atoms with van der Waals surface area (Å²) in [7, 11) is 3.54. The normalized spacial score (nSPS) is 13.2. The summed E-state index contributed by atoms with van der Waals surface area (Å²) in [6.07, 6.45) is 4.92. The van der Waals surface area contributed by atoms with Crippen LogP contribution in [0.4, 0.5) is 0 Å². The minimum absolute atomic E-state index is 0.156. The number of hydrogen-bond donors (Lipinski definition) is 1. The van der Waals surface area contributed by atoms with Gasteiger partial charge in [-0.1, -0.05) is 35.9 Å². The fraction of sp³-hybridized carbons (Fsp3) is 0.115. The fourth-order valence-electron chi connectivity index (χ4n) is 4.26. The van der Waals surface area contributed by atoms with Crippen molar-refractivity contribution in [3.8, 4) is 11.1 Å². The third-order valence-corrected chi connectivity index (χ3v) is 7.04. The van der Waals surface area contributed by atoms with E-state index < -0.39 is 5.60 Å². The predicted octanol–water partition coefficient (Wildman–Crippen LogP) is 4.88. The number of aliphatic hydroxyl groups is 1. The van der Waals surface area contributed by atoms with Crippen molar-refractivity contribution in [2.45, 2.75) is 5.60 Å². The zero-order valence-electron chi connectivity index (χ0n) is 18.4. The number of pyridine rings is 2. The lowest BCUT2D eigenvalue weighted by molar-refractivity contribution is 0.113. The van der Waals surface area contributed by atoms with Crippen LogP contribution in [0.25, 0.3) is 22.0 Å². The van der Waals surface area contributed by atoms with Gasteiger partial charge in [-0.05, 0) is 69.6 Å². The van der Waals surface area contributed by atoms with Crippen LogP contribution in [0.5, 0.6) is 0 Å². The summed E-state index contributed by atoms with van der Waals surface area (Å²) in [4.78, 5) is 21.6. The molecule has 0 aliphatic rings. The zero-order chi connectivity index (χ0) is 24.0. The third-order valence-electron chi connectivity index (χ3n) is 6.09. The van der Waals surface area contributed by atoms with Crippen LogP contribution in [-0.4, -0.2) is 24.2 Å². The molecule has 0 fully saturated rings. The highest BCUT2D eigenvalue weighted by Crippen LogP contribution is 2.38. The molecule has 0 amide bonds. The second kappa shape index (κ2) is 8.65. The van der Waals surface area contributed by atoms with E-state index in [0.717, 1.165) is 20.1 Å². The van der Waals surface area contributed by atoms with Crippen LogP contribution in [0.2, 0.25) is 5.02 Å². The lowest BCUT2D eigenvalue weighted by Gasteiger charge is -2.29. The topological polar surface area (TPSA) is 72.9 Å². The highest BCUT2D eigenvalue weighted by atomic mass is 127. The molecule has 0 aliphatic carbocycles. The van der Waals surface area contributed by atoms with Gasteiger partial charge < -0.3 is 14.2 Å². The summed E-state index contributed by atoms with van der Waals surface area (Å²) in [6, 6.07) is 18.5. The van der Waals surface area contributed by atoms with Crippen LogP contribution >= 0.6 is 34.2 Å². The van der Waals surface area contributed by atoms with E-state index in [2.05, 4.69) is 32.6 Å². The maximum atomic E-state index is 12.7. The van der Waals surface area contributed by atoms with Gasteiger partial charge in [0.2, 0.25) is 0 Å². The molecular weight excluding hydrogens is 563 g/mol. The maximum Gasteiger partial charge on any atom is 0.251 e. The van der Waals surface area contributed by atoms with Crippen LogP contribution in [-0.2, 0) is 19.7 Å². The summed E-state index contributed by atoms with van der Waals surface area (Å²) in [6.45, 7) is 0. The van der Waals surface area contributed by atoms with Crippen LogP contribution in [0.15, 0.2) is 84.2 Å². The van der Waals surface area contributed by atoms with E-state index >= 15 is 0 Å². The van der Waals surface area contributed by atoms with Crippen LogP contribution < -0.4 is 5.56 Å². The van der Waals surface area contributed by atoms with Gasteiger partial charge in [-0.2, -0.15) is 0 Å². The van der Waals surface area contributed by atoms with Gasteiger partial charge in [0.05, 0.1) is 35.6 Å². The first-order chi connectivity index (χ1) is 16.3. The molecule has 1 atom stereocenters. The quantitative estimate of drug-likeness (QED) is 0.307. The van der Waals surface area contributed by atoms with Crippen molar-refractivity contribution in [1.82, 2.24) is 19.1 Å². The van der Waals surface area contributed by atoms with Crippen molar-refractivity contribution in [3.05, 3.63) is 115 Å². The molecule has 0 saturated carbocycles. The lowest BCUT2D eigenvalue weighted by atomic mass is 9.86. The SMILES string of the molecule is Cn1cncc1[C@@](O)(c1ccc(I)cc1)c1cc2c(-c3cccc(Cl)c3)cc(=O)n(C)c2cn1. The fourth-order valence-corrected chi connectivity index (χ4v) is 4.81. The number of imidazole rings is 1. The number of benzene rings is 2. The molecule has 34 heavy (non-hydrogen) atoms. The summed E-state index contributed by atoms with van der Waals surface area (Å²) in [5, 5.41) is 13.6. The van der Waals surface area contributed by atoms with Gasteiger partial charge in [0.1, 0.15) is 0 Å². The van der Waals surface area contributed by atoms with E-state index in [0.29, 0.717) is 27.5 Å². The Morgan fingerprint density at radius 2 is 1.79 bits per heavy atom. The largest absolute Gasteiger partial charge is 0.373 e. The Balaban J connectivity index is 1.84. The molecule has 170 valence electrons. The van der Waals surface area contributed by atoms with Crippen LogP contribution in [0.3, 0.4) is 0 Å². The summed E-state index contributed by atoms with van der Waals surface area (Å²) in [5.41, 5.74) is 2.13. The lowest BCUT2D eigenvalue weighted by Crippen LogP contribution is -2.32. The average Bonchev–Trinajstić information content (AvgIpc) is 3.27. The minimum atomic E-state index is -1.57. The molecule has 3 heterocycles. The van der Waals surface area contributed by atoms with E-state index in [-0.39, 0.29) is 5.56 Å². The molecule has 5 aromatic rings. The van der Waals surface area contributed by atoms with Crippen molar-refractivity contribution in [2.75, 3.05) is 0 Å². The summed E-state index contributed by atoms with van der Waals surface area (Å²) >= 11 is 8.49. The number of hydrogen-bond acceptors (Lipinski definition) is 4. The molecule has 0 spiro atoms. The minimum Gasteiger partial charge on any atom is -0.373 e. The molecule has 6 nitrogen and oxygen atoms in total. The van der Waals surface area contributed by atoms with E-state index in [1.54, 1.807) is 47.0 Å². The average molecular weight is 583 g/mol. The molecule has 1 N–H and O–H groups in total. The van der Waals surface area contributed by atoms with E-state index in [4.69, 9.17) is 11.6 Å². The molecule has 0 unspecified atom stereocenters. The van der Waals surface area contributed by atoms with Gasteiger partial charge in [-0.25, -0.2) is 4.98 Å². The molecular formula is C26H20ClIN4O2. The van der Waals surface area contributed by atoms with E-state index in [1.807, 2.05) is 55.6 Å². The Morgan fingerprint density at radius 3 is 2.47 bits per heavy atom. The number of halogens is 2. The van der Waals surface area contributed by atoms with Gasteiger partial charge >= 0.3 is 0 Å². The molecule has 5 rings (SSSR count). The molecule has 0 aliphatic heterocycles. The highest BCUT2D eigenvalue weighted by Gasteiger charge is 2.38. The summed E-state index contributed by atoms with van der Waals surface area (Å²) < 4.78 is 4.38. The van der Waals surface area contributed by atoms with Crippen molar-refractivity contribution >= 4 is 45.1 Å². The monoisotopic (exact) mass is 582 g/mol. The van der Waals surface area contributed by atoms with E-state index in [1.165, 1.54) is 0 Å². The molecule has 0 saturated heterocycles. The first kappa shape index (κ1) is 22.8.